The first-order valence-electron chi connectivity index (χ1n) is 20.0. The molecule has 0 saturated carbocycles. The van der Waals surface area contributed by atoms with Gasteiger partial charge in [-0.1, -0.05) is 133 Å². The van der Waals surface area contributed by atoms with Gasteiger partial charge in [0.25, 0.3) is 5.91 Å². The number of ether oxygens (including phenoxy) is 2. The normalized spacial score (nSPS) is 11.5. The molecule has 7 aromatic rings. The molecule has 0 aliphatic heterocycles. The van der Waals surface area contributed by atoms with Crippen LogP contribution in [0.1, 0.15) is 33.4 Å². The number of nitrogens with one attached hydrogen (secondary N) is 1. The number of aliphatic carboxylic acids is 1. The Morgan fingerprint density at radius 3 is 1.45 bits per heavy atom. The van der Waals surface area contributed by atoms with E-state index in [0.717, 1.165) is 44.3 Å². The molecule has 0 spiro atoms. The van der Waals surface area contributed by atoms with Gasteiger partial charge in [0.15, 0.2) is 6.10 Å². The lowest BCUT2D eigenvalue weighted by molar-refractivity contribution is -0.151. The minimum absolute atomic E-state index is 0.143. The summed E-state index contributed by atoms with van der Waals surface area (Å²) < 4.78 is 37.4. The molecule has 0 radical (unpaired) electrons. The summed E-state index contributed by atoms with van der Waals surface area (Å²) >= 11 is 1.75. The third-order valence-corrected chi connectivity index (χ3v) is 10.4. The van der Waals surface area contributed by atoms with Crippen molar-refractivity contribution in [1.29, 1.82) is 0 Å². The largest absolute Gasteiger partial charge is 0.479 e. The molecule has 4 N–H and O–H groups in total. The monoisotopic (exact) mass is 852 g/mol. The van der Waals surface area contributed by atoms with Crippen LogP contribution in [0, 0.1) is 18.6 Å². The van der Waals surface area contributed by atoms with E-state index >= 15 is 0 Å². The molecular weight excluding hydrogens is 803 g/mol. The average molecular weight is 853 g/mol. The van der Waals surface area contributed by atoms with Gasteiger partial charge in [0.05, 0.1) is 13.2 Å². The van der Waals surface area contributed by atoms with Crippen LogP contribution in [0.15, 0.2) is 193 Å². The number of anilines is 2. The minimum Gasteiger partial charge on any atom is -0.479 e. The van der Waals surface area contributed by atoms with Crippen LogP contribution in [0.5, 0.6) is 0 Å². The van der Waals surface area contributed by atoms with Crippen LogP contribution in [-0.2, 0) is 50.9 Å². The second kappa shape index (κ2) is 25.2. The Bertz CT molecular complexity index is 2330. The quantitative estimate of drug-likeness (QED) is 0.0656. The van der Waals surface area contributed by atoms with Crippen LogP contribution < -0.4 is 11.1 Å². The standard InChI is InChI=1S/C29H26FNO2S.C16H15FO3.C7H9N/c30-25-13-11-23(12-14-25)20-33-28(19-22-7-3-1-4-8-22)29(32)31-26-15-17-27(18-16-26)34-21-24-9-5-2-6-10-24;17-14-8-6-13(7-9-14)11-20-15(16(18)19)10-12-4-2-1-3-5-12;1-6-2-4-7(8)5-3-6/h1-18,28H,19-21H2,(H,31,32);1-9,15H,10-11H2,(H,18,19);2-5H,8H2,1H3/t28-;15-;/m00./s1. The van der Waals surface area contributed by atoms with E-state index in [2.05, 4.69) is 17.4 Å². The third-order valence-electron chi connectivity index (χ3n) is 9.27. The Labute approximate surface area is 366 Å². The molecule has 1 amide bonds. The summed E-state index contributed by atoms with van der Waals surface area (Å²) in [5, 5.41) is 12.1. The maximum absolute atomic E-state index is 13.2. The highest BCUT2D eigenvalue weighted by molar-refractivity contribution is 7.98. The Morgan fingerprint density at radius 2 is 1.00 bits per heavy atom. The number of carbonyl (C=O) groups is 2. The second-order valence-electron chi connectivity index (χ2n) is 14.3. The molecule has 2 atom stereocenters. The molecule has 0 aliphatic carbocycles. The van der Waals surface area contributed by atoms with Crippen LogP contribution >= 0.6 is 11.8 Å². The SMILES string of the molecule is Cc1ccc(N)cc1.O=C(Nc1ccc(SCc2ccccc2)cc1)[C@H](Cc1ccccc1)OCc1ccc(F)cc1.O=C(O)[C@H](Cc1ccccc1)OCc1ccc(F)cc1. The molecule has 0 saturated heterocycles. The minimum atomic E-state index is -1.00. The number of nitrogens with two attached hydrogens (primary N) is 1. The van der Waals surface area contributed by atoms with E-state index in [-0.39, 0.29) is 30.8 Å². The first kappa shape index (κ1) is 46.5. The average Bonchev–Trinajstić information content (AvgIpc) is 3.30. The number of aryl methyl sites for hydroxylation is 1. The zero-order chi connectivity index (χ0) is 43.9. The van der Waals surface area contributed by atoms with Crippen molar-refractivity contribution in [1.82, 2.24) is 0 Å². The zero-order valence-corrected chi connectivity index (χ0v) is 35.2. The van der Waals surface area contributed by atoms with Gasteiger partial charge in [-0.2, -0.15) is 0 Å². The number of hydrogen-bond donors (Lipinski definition) is 3. The molecule has 0 aliphatic rings. The van der Waals surface area contributed by atoms with Gasteiger partial charge in [-0.3, -0.25) is 4.79 Å². The van der Waals surface area contributed by atoms with Crippen molar-refractivity contribution < 1.29 is 33.0 Å². The Kier molecular flexibility index (Phi) is 18.9. The van der Waals surface area contributed by atoms with Crippen molar-refractivity contribution in [3.63, 3.8) is 0 Å². The van der Waals surface area contributed by atoms with Crippen molar-refractivity contribution in [2.45, 2.75) is 55.8 Å². The summed E-state index contributed by atoms with van der Waals surface area (Å²) in [6.45, 7) is 2.41. The number of carboxylic acids is 1. The number of amides is 1. The maximum Gasteiger partial charge on any atom is 0.333 e. The Balaban J connectivity index is 0.000000217. The highest BCUT2D eigenvalue weighted by Crippen LogP contribution is 2.24. The number of benzene rings is 7. The fourth-order valence-corrected chi connectivity index (χ4v) is 6.67. The van der Waals surface area contributed by atoms with E-state index in [0.29, 0.717) is 12.8 Å². The zero-order valence-electron chi connectivity index (χ0n) is 34.4. The van der Waals surface area contributed by atoms with E-state index in [1.165, 1.54) is 35.4 Å². The second-order valence-corrected chi connectivity index (χ2v) is 15.3. The molecule has 10 heteroatoms. The lowest BCUT2D eigenvalue weighted by atomic mass is 10.1. The number of rotatable bonds is 16. The van der Waals surface area contributed by atoms with Crippen molar-refractivity contribution >= 4 is 35.0 Å². The number of hydrogen-bond acceptors (Lipinski definition) is 6. The molecule has 0 fully saturated rings. The van der Waals surface area contributed by atoms with Crippen LogP contribution in [0.2, 0.25) is 0 Å². The number of carbonyl (C=O) groups excluding carboxylic acids is 1. The predicted octanol–water partition coefficient (Wildman–Crippen LogP) is 11.5. The highest BCUT2D eigenvalue weighted by Gasteiger charge is 2.21. The van der Waals surface area contributed by atoms with E-state index in [9.17, 15) is 23.5 Å². The molecule has 0 heterocycles. The van der Waals surface area contributed by atoms with Crippen LogP contribution in [0.3, 0.4) is 0 Å². The van der Waals surface area contributed by atoms with E-state index in [4.69, 9.17) is 15.2 Å². The molecule has 7 nitrogen and oxygen atoms in total. The van der Waals surface area contributed by atoms with Gasteiger partial charge in [-0.15, -0.1) is 11.8 Å². The van der Waals surface area contributed by atoms with Gasteiger partial charge in [-0.05, 0) is 95.4 Å². The number of carboxylic acid groups (broad SMARTS) is 1. The van der Waals surface area contributed by atoms with Gasteiger partial charge in [0.1, 0.15) is 17.7 Å². The number of halogens is 2. The highest BCUT2D eigenvalue weighted by atomic mass is 32.2. The number of thioether (sulfide) groups is 1. The third kappa shape index (κ3) is 17.2. The lowest BCUT2D eigenvalue weighted by Crippen LogP contribution is -2.32. The fourth-order valence-electron chi connectivity index (χ4n) is 5.82. The molecular formula is C52H50F2N2O5S. The summed E-state index contributed by atoms with van der Waals surface area (Å²) in [7, 11) is 0. The molecule has 0 unspecified atom stereocenters. The Morgan fingerprint density at radius 1 is 0.565 bits per heavy atom. The first-order valence-corrected chi connectivity index (χ1v) is 21.0. The van der Waals surface area contributed by atoms with Gasteiger partial charge in [0.2, 0.25) is 0 Å². The summed E-state index contributed by atoms with van der Waals surface area (Å²) in [4.78, 5) is 25.4. The van der Waals surface area contributed by atoms with Crippen molar-refractivity contribution in [3.05, 3.63) is 233 Å². The van der Waals surface area contributed by atoms with E-state index < -0.39 is 18.2 Å². The summed E-state index contributed by atoms with van der Waals surface area (Å²) in [6, 6.07) is 56.9. The van der Waals surface area contributed by atoms with Gasteiger partial charge in [-0.25, -0.2) is 13.6 Å². The summed E-state index contributed by atoms with van der Waals surface area (Å²) in [5.41, 5.74) is 13.0. The summed E-state index contributed by atoms with van der Waals surface area (Å²) in [5.74, 6) is -0.949. The van der Waals surface area contributed by atoms with Crippen LogP contribution in [-0.4, -0.2) is 29.2 Å². The molecule has 7 aromatic carbocycles. The Hall–Kier alpha value is -6.59. The smallest absolute Gasteiger partial charge is 0.333 e. The molecule has 62 heavy (non-hydrogen) atoms. The molecule has 7 rings (SSSR count). The van der Waals surface area contributed by atoms with Crippen molar-refractivity contribution in [2.24, 2.45) is 0 Å². The molecule has 318 valence electrons. The fraction of sp³-hybridized carbons (Fsp3) is 0.154. The predicted molar refractivity (Wildman–Crippen MR) is 245 cm³/mol. The molecule has 0 bridgehead atoms. The van der Waals surface area contributed by atoms with E-state index in [1.54, 1.807) is 36.0 Å². The van der Waals surface area contributed by atoms with Crippen molar-refractivity contribution in [3.8, 4) is 0 Å². The molecule has 0 aromatic heterocycles. The number of nitrogen functional groups attached to an aromatic ring is 1. The lowest BCUT2D eigenvalue weighted by Gasteiger charge is -2.18. The first-order chi connectivity index (χ1) is 30.1. The summed E-state index contributed by atoms with van der Waals surface area (Å²) in [6.07, 6.45) is -0.849. The van der Waals surface area contributed by atoms with E-state index in [1.807, 2.05) is 134 Å². The van der Waals surface area contributed by atoms with Crippen LogP contribution in [0.25, 0.3) is 0 Å². The van der Waals surface area contributed by atoms with Crippen LogP contribution in [0.4, 0.5) is 20.2 Å². The van der Waals surface area contributed by atoms with Crippen molar-refractivity contribution in [2.75, 3.05) is 11.1 Å². The topological polar surface area (TPSA) is 111 Å². The van der Waals surface area contributed by atoms with Gasteiger partial charge in [0, 0.05) is 34.9 Å². The van der Waals surface area contributed by atoms with Gasteiger partial charge >= 0.3 is 5.97 Å². The van der Waals surface area contributed by atoms with Gasteiger partial charge < -0.3 is 25.6 Å². The maximum atomic E-state index is 13.2.